The highest BCUT2D eigenvalue weighted by Gasteiger charge is 1.99. The van der Waals surface area contributed by atoms with Crippen LogP contribution in [0.15, 0.2) is 36.7 Å². The molecule has 1 heterocycles. The third-order valence-corrected chi connectivity index (χ3v) is 1.93. The summed E-state index contributed by atoms with van der Waals surface area (Å²) in [5.74, 6) is 0.225. The van der Waals surface area contributed by atoms with Gasteiger partial charge in [-0.3, -0.25) is 0 Å². The van der Waals surface area contributed by atoms with Gasteiger partial charge in [-0.1, -0.05) is 0 Å². The Bertz CT molecular complexity index is 420. The number of nitrogens with zero attached hydrogens (tertiary/aromatic N) is 2. The summed E-state index contributed by atoms with van der Waals surface area (Å²) >= 11 is 0. The maximum Gasteiger partial charge on any atom is 0.115 e. The van der Waals surface area contributed by atoms with Crippen LogP contribution >= 0.6 is 0 Å². The lowest BCUT2D eigenvalue weighted by molar-refractivity contribution is 0.282. The Morgan fingerprint density at radius 1 is 1.21 bits per heavy atom. The van der Waals surface area contributed by atoms with E-state index in [4.69, 9.17) is 10.2 Å². The standard InChI is InChI=1S/C10H10N2O2/c13-7-8-5-11-12(6-8)9-1-3-10(14)4-2-9/h1-6,13-14H,7H2. The van der Waals surface area contributed by atoms with Crippen LogP contribution in [-0.2, 0) is 6.61 Å². The van der Waals surface area contributed by atoms with E-state index >= 15 is 0 Å². The van der Waals surface area contributed by atoms with Gasteiger partial charge in [0.1, 0.15) is 5.75 Å². The van der Waals surface area contributed by atoms with Crippen LogP contribution in [0.1, 0.15) is 5.56 Å². The molecule has 2 rings (SSSR count). The highest BCUT2D eigenvalue weighted by atomic mass is 16.3. The fraction of sp³-hybridized carbons (Fsp3) is 0.100. The van der Waals surface area contributed by atoms with E-state index in [-0.39, 0.29) is 12.4 Å². The van der Waals surface area contributed by atoms with Crippen molar-refractivity contribution in [3.05, 3.63) is 42.2 Å². The number of phenols is 1. The minimum absolute atomic E-state index is 0.0158. The summed E-state index contributed by atoms with van der Waals surface area (Å²) in [5, 5.41) is 22.0. The minimum atomic E-state index is -0.0158. The van der Waals surface area contributed by atoms with Crippen molar-refractivity contribution in [1.29, 1.82) is 0 Å². The molecular weight excluding hydrogens is 180 g/mol. The fourth-order valence-corrected chi connectivity index (χ4v) is 1.19. The zero-order chi connectivity index (χ0) is 9.97. The summed E-state index contributed by atoms with van der Waals surface area (Å²) in [6.07, 6.45) is 3.35. The van der Waals surface area contributed by atoms with Gasteiger partial charge in [0.15, 0.2) is 0 Å². The van der Waals surface area contributed by atoms with E-state index in [0.29, 0.717) is 0 Å². The third-order valence-electron chi connectivity index (χ3n) is 1.93. The molecule has 0 spiro atoms. The zero-order valence-corrected chi connectivity index (χ0v) is 7.46. The maximum atomic E-state index is 9.09. The van der Waals surface area contributed by atoms with Crippen molar-refractivity contribution in [2.24, 2.45) is 0 Å². The van der Waals surface area contributed by atoms with E-state index in [9.17, 15) is 0 Å². The Kier molecular flexibility index (Phi) is 2.20. The Hall–Kier alpha value is -1.81. The van der Waals surface area contributed by atoms with Gasteiger partial charge in [-0.2, -0.15) is 5.10 Å². The monoisotopic (exact) mass is 190 g/mol. The normalized spacial score (nSPS) is 10.4. The number of hydrogen-bond donors (Lipinski definition) is 2. The number of benzene rings is 1. The van der Waals surface area contributed by atoms with Gasteiger partial charge in [0, 0.05) is 11.8 Å². The molecule has 0 saturated heterocycles. The van der Waals surface area contributed by atoms with Crippen LogP contribution in [0.25, 0.3) is 5.69 Å². The molecule has 2 aromatic rings. The molecular formula is C10H10N2O2. The van der Waals surface area contributed by atoms with E-state index in [1.807, 2.05) is 0 Å². The number of aliphatic hydroxyl groups is 1. The lowest BCUT2D eigenvalue weighted by Crippen LogP contribution is -1.92. The molecule has 4 heteroatoms. The number of phenolic OH excluding ortho intramolecular Hbond substituents is 1. The molecule has 1 aromatic heterocycles. The Labute approximate surface area is 81.0 Å². The molecule has 0 aliphatic carbocycles. The average Bonchev–Trinajstić information content (AvgIpc) is 2.67. The molecule has 14 heavy (non-hydrogen) atoms. The van der Waals surface area contributed by atoms with Crippen LogP contribution < -0.4 is 0 Å². The summed E-state index contributed by atoms with van der Waals surface area (Å²) in [6, 6.07) is 6.69. The molecule has 2 N–H and O–H groups in total. The molecule has 0 fully saturated rings. The highest BCUT2D eigenvalue weighted by Crippen LogP contribution is 2.13. The van der Waals surface area contributed by atoms with Crippen LogP contribution in [0, 0.1) is 0 Å². The van der Waals surface area contributed by atoms with Gasteiger partial charge in [0.25, 0.3) is 0 Å². The first kappa shape index (κ1) is 8.77. The molecule has 0 amide bonds. The second-order valence-electron chi connectivity index (χ2n) is 2.97. The van der Waals surface area contributed by atoms with E-state index in [0.717, 1.165) is 11.3 Å². The van der Waals surface area contributed by atoms with E-state index in [2.05, 4.69) is 5.10 Å². The van der Waals surface area contributed by atoms with Crippen molar-refractivity contribution in [3.63, 3.8) is 0 Å². The first-order chi connectivity index (χ1) is 6.79. The largest absolute Gasteiger partial charge is 0.508 e. The van der Waals surface area contributed by atoms with Crippen molar-refractivity contribution in [2.75, 3.05) is 0 Å². The number of aromatic nitrogens is 2. The lowest BCUT2D eigenvalue weighted by atomic mass is 10.3. The van der Waals surface area contributed by atoms with E-state index < -0.39 is 0 Å². The highest BCUT2D eigenvalue weighted by molar-refractivity contribution is 5.36. The summed E-state index contributed by atoms with van der Waals surface area (Å²) in [5.41, 5.74) is 1.61. The first-order valence-electron chi connectivity index (χ1n) is 4.23. The van der Waals surface area contributed by atoms with Crippen LogP contribution in [-0.4, -0.2) is 20.0 Å². The fourth-order valence-electron chi connectivity index (χ4n) is 1.19. The molecule has 0 unspecified atom stereocenters. The molecule has 0 saturated carbocycles. The van der Waals surface area contributed by atoms with Crippen LogP contribution in [0.5, 0.6) is 5.75 Å². The third kappa shape index (κ3) is 1.60. The van der Waals surface area contributed by atoms with Crippen LogP contribution in [0.2, 0.25) is 0 Å². The average molecular weight is 190 g/mol. The van der Waals surface area contributed by atoms with E-state index in [1.165, 1.54) is 0 Å². The van der Waals surface area contributed by atoms with Crippen LogP contribution in [0.4, 0.5) is 0 Å². The van der Waals surface area contributed by atoms with Crippen LogP contribution in [0.3, 0.4) is 0 Å². The summed E-state index contributed by atoms with van der Waals surface area (Å²) < 4.78 is 1.64. The molecule has 0 bridgehead atoms. The molecule has 4 nitrogen and oxygen atoms in total. The predicted octanol–water partition coefficient (Wildman–Crippen LogP) is 1.07. The molecule has 0 aliphatic heterocycles. The number of hydrogen-bond acceptors (Lipinski definition) is 3. The Balaban J connectivity index is 2.34. The van der Waals surface area contributed by atoms with Crippen molar-refractivity contribution in [3.8, 4) is 11.4 Å². The minimum Gasteiger partial charge on any atom is -0.508 e. The maximum absolute atomic E-state index is 9.09. The van der Waals surface area contributed by atoms with Gasteiger partial charge in [-0.15, -0.1) is 0 Å². The van der Waals surface area contributed by atoms with Gasteiger partial charge in [-0.25, -0.2) is 4.68 Å². The molecule has 72 valence electrons. The second kappa shape index (κ2) is 3.51. The van der Waals surface area contributed by atoms with Gasteiger partial charge in [0.05, 0.1) is 18.5 Å². The summed E-state index contributed by atoms with van der Waals surface area (Å²) in [4.78, 5) is 0. The summed E-state index contributed by atoms with van der Waals surface area (Å²) in [6.45, 7) is -0.0158. The molecule has 0 radical (unpaired) electrons. The topological polar surface area (TPSA) is 58.3 Å². The van der Waals surface area contributed by atoms with Crippen molar-refractivity contribution < 1.29 is 10.2 Å². The van der Waals surface area contributed by atoms with E-state index in [1.54, 1.807) is 41.3 Å². The number of rotatable bonds is 2. The molecule has 0 atom stereocenters. The summed E-state index contributed by atoms with van der Waals surface area (Å²) in [7, 11) is 0. The zero-order valence-electron chi connectivity index (χ0n) is 7.46. The molecule has 0 aliphatic rings. The first-order valence-corrected chi connectivity index (χ1v) is 4.23. The van der Waals surface area contributed by atoms with Gasteiger partial charge < -0.3 is 10.2 Å². The SMILES string of the molecule is OCc1cnn(-c2ccc(O)cc2)c1. The van der Waals surface area contributed by atoms with Gasteiger partial charge in [-0.05, 0) is 24.3 Å². The molecule has 1 aromatic carbocycles. The predicted molar refractivity (Wildman–Crippen MR) is 51.2 cm³/mol. The smallest absolute Gasteiger partial charge is 0.115 e. The lowest BCUT2D eigenvalue weighted by Gasteiger charge is -2.00. The number of aromatic hydroxyl groups is 1. The van der Waals surface area contributed by atoms with Crippen molar-refractivity contribution in [1.82, 2.24) is 9.78 Å². The second-order valence-corrected chi connectivity index (χ2v) is 2.97. The Morgan fingerprint density at radius 2 is 1.93 bits per heavy atom. The quantitative estimate of drug-likeness (QED) is 0.744. The Morgan fingerprint density at radius 3 is 2.50 bits per heavy atom. The van der Waals surface area contributed by atoms with Gasteiger partial charge >= 0.3 is 0 Å². The van der Waals surface area contributed by atoms with Crippen molar-refractivity contribution in [2.45, 2.75) is 6.61 Å². The van der Waals surface area contributed by atoms with Crippen molar-refractivity contribution >= 4 is 0 Å². The number of aliphatic hydroxyl groups excluding tert-OH is 1. The van der Waals surface area contributed by atoms with Gasteiger partial charge in [0.2, 0.25) is 0 Å².